The molecule has 8 nitrogen and oxygen atoms in total. The number of hydrogen-bond acceptors (Lipinski definition) is 8. The standard InChI is InChI=1S/C23H26Cl2N6O2S2/c1-4-19(26-23(33)34-11-10-15-8-6-5-7-9-15)20(32)14-31-22(27-28-29-31)35-21-17(24)12-16(30(2)3)13-18(21)25/h5-9,12-13,19H,4,10-11,14H2,1-3H3,(H,26,33). The topological polar surface area (TPSA) is 93.0 Å². The molecule has 186 valence electrons. The lowest BCUT2D eigenvalue weighted by Gasteiger charge is -2.16. The Kier molecular flexibility index (Phi) is 10.3. The molecule has 3 rings (SSSR count). The van der Waals surface area contributed by atoms with E-state index in [1.165, 1.54) is 28.2 Å². The summed E-state index contributed by atoms with van der Waals surface area (Å²) in [6.45, 7) is 1.76. The summed E-state index contributed by atoms with van der Waals surface area (Å²) in [7, 11) is 3.79. The molecule has 1 heterocycles. The van der Waals surface area contributed by atoms with E-state index >= 15 is 0 Å². The van der Waals surface area contributed by atoms with Crippen LogP contribution in [0.2, 0.25) is 10.0 Å². The third kappa shape index (κ3) is 7.86. The number of anilines is 1. The number of benzene rings is 2. The molecule has 3 aromatic rings. The number of carbonyl (C=O) groups excluding carboxylic acids is 2. The minimum atomic E-state index is -0.639. The van der Waals surface area contributed by atoms with E-state index in [4.69, 9.17) is 23.2 Å². The van der Waals surface area contributed by atoms with E-state index in [1.807, 2.05) is 56.3 Å². The Morgan fingerprint density at radius 1 is 1.14 bits per heavy atom. The molecule has 0 saturated carbocycles. The summed E-state index contributed by atoms with van der Waals surface area (Å²) in [5.74, 6) is 0.432. The van der Waals surface area contributed by atoms with E-state index in [1.54, 1.807) is 12.1 Å². The van der Waals surface area contributed by atoms with Gasteiger partial charge in [0.15, 0.2) is 5.78 Å². The summed E-state index contributed by atoms with van der Waals surface area (Å²) in [5.41, 5.74) is 2.03. The molecule has 1 N–H and O–H groups in total. The van der Waals surface area contributed by atoms with Gasteiger partial charge in [-0.3, -0.25) is 9.59 Å². The van der Waals surface area contributed by atoms with Crippen LogP contribution in [0.1, 0.15) is 18.9 Å². The van der Waals surface area contributed by atoms with Gasteiger partial charge in [0.2, 0.25) is 5.16 Å². The predicted octanol–water partition coefficient (Wildman–Crippen LogP) is 5.23. The zero-order valence-corrected chi connectivity index (χ0v) is 22.7. The molecule has 0 spiro atoms. The number of nitrogens with one attached hydrogen (secondary N) is 1. The summed E-state index contributed by atoms with van der Waals surface area (Å²) in [6.07, 6.45) is 1.23. The lowest BCUT2D eigenvalue weighted by molar-refractivity contribution is -0.121. The van der Waals surface area contributed by atoms with Gasteiger partial charge in [-0.2, -0.15) is 0 Å². The molecular formula is C23H26Cl2N6O2S2. The van der Waals surface area contributed by atoms with Crippen LogP contribution in [0.15, 0.2) is 52.5 Å². The zero-order valence-electron chi connectivity index (χ0n) is 19.6. The minimum absolute atomic E-state index is 0.0895. The first-order valence-electron chi connectivity index (χ1n) is 10.9. The van der Waals surface area contributed by atoms with Crippen LogP contribution in [-0.2, 0) is 17.8 Å². The van der Waals surface area contributed by atoms with Gasteiger partial charge in [-0.15, -0.1) is 5.10 Å². The maximum absolute atomic E-state index is 12.9. The highest BCUT2D eigenvalue weighted by molar-refractivity contribution is 8.13. The summed E-state index contributed by atoms with van der Waals surface area (Å²) < 4.78 is 1.39. The van der Waals surface area contributed by atoms with E-state index in [0.717, 1.165) is 17.7 Å². The van der Waals surface area contributed by atoms with E-state index in [0.29, 0.717) is 32.3 Å². The normalized spacial score (nSPS) is 11.8. The molecule has 2 aromatic carbocycles. The molecule has 0 fully saturated rings. The fourth-order valence-electron chi connectivity index (χ4n) is 3.12. The van der Waals surface area contributed by atoms with E-state index in [2.05, 4.69) is 20.8 Å². The number of ketones is 1. The average Bonchev–Trinajstić information content (AvgIpc) is 3.26. The average molecular weight is 554 g/mol. The van der Waals surface area contributed by atoms with Gasteiger partial charge in [-0.05, 0) is 52.7 Å². The first-order valence-corrected chi connectivity index (χ1v) is 13.4. The van der Waals surface area contributed by atoms with Crippen molar-refractivity contribution in [3.63, 3.8) is 0 Å². The monoisotopic (exact) mass is 552 g/mol. The maximum Gasteiger partial charge on any atom is 0.279 e. The Balaban J connectivity index is 1.59. The van der Waals surface area contributed by atoms with Crippen LogP contribution in [0.4, 0.5) is 10.5 Å². The van der Waals surface area contributed by atoms with Crippen molar-refractivity contribution in [2.45, 2.75) is 42.4 Å². The summed E-state index contributed by atoms with van der Waals surface area (Å²) in [6, 6.07) is 12.9. The molecule has 35 heavy (non-hydrogen) atoms. The highest BCUT2D eigenvalue weighted by Crippen LogP contribution is 2.40. The fourth-order valence-corrected chi connectivity index (χ4v) is 5.36. The molecule has 0 radical (unpaired) electrons. The van der Waals surface area contributed by atoms with Gasteiger partial charge in [-0.1, -0.05) is 72.2 Å². The quantitative estimate of drug-likeness (QED) is 0.345. The third-order valence-electron chi connectivity index (χ3n) is 5.05. The van der Waals surface area contributed by atoms with Crippen LogP contribution >= 0.6 is 46.7 Å². The van der Waals surface area contributed by atoms with Crippen LogP contribution in [0.5, 0.6) is 0 Å². The van der Waals surface area contributed by atoms with Crippen LogP contribution in [-0.4, -0.2) is 57.1 Å². The molecule has 1 atom stereocenters. The van der Waals surface area contributed by atoms with Crippen molar-refractivity contribution in [3.05, 3.63) is 58.1 Å². The van der Waals surface area contributed by atoms with Crippen molar-refractivity contribution in [1.82, 2.24) is 25.5 Å². The number of amides is 1. The minimum Gasteiger partial charge on any atom is -0.378 e. The number of Topliss-reactive ketones (excluding diaryl/α,β-unsaturated/α-hetero) is 1. The van der Waals surface area contributed by atoms with Gasteiger partial charge in [0.25, 0.3) is 5.24 Å². The van der Waals surface area contributed by atoms with Crippen molar-refractivity contribution in [1.29, 1.82) is 0 Å². The highest BCUT2D eigenvalue weighted by Gasteiger charge is 2.22. The Labute approximate surface area is 223 Å². The molecule has 0 aliphatic heterocycles. The second-order valence-corrected chi connectivity index (χ2v) is 10.7. The molecule has 1 aromatic heterocycles. The third-order valence-corrected chi connectivity index (χ3v) is 7.78. The molecule has 1 amide bonds. The summed E-state index contributed by atoms with van der Waals surface area (Å²) >= 11 is 15.2. The molecular weight excluding hydrogens is 527 g/mol. The fraction of sp³-hybridized carbons (Fsp3) is 0.348. The van der Waals surface area contributed by atoms with Gasteiger partial charge >= 0.3 is 0 Å². The highest BCUT2D eigenvalue weighted by atomic mass is 35.5. The van der Waals surface area contributed by atoms with Gasteiger partial charge < -0.3 is 10.2 Å². The van der Waals surface area contributed by atoms with E-state index in [9.17, 15) is 9.59 Å². The number of tetrazole rings is 1. The summed E-state index contributed by atoms with van der Waals surface area (Å²) in [5, 5.41) is 15.5. The van der Waals surface area contributed by atoms with Crippen molar-refractivity contribution in [2.75, 3.05) is 24.7 Å². The Morgan fingerprint density at radius 2 is 1.83 bits per heavy atom. The van der Waals surface area contributed by atoms with Crippen LogP contribution in [0, 0.1) is 0 Å². The van der Waals surface area contributed by atoms with E-state index in [-0.39, 0.29) is 17.6 Å². The van der Waals surface area contributed by atoms with Crippen LogP contribution in [0.3, 0.4) is 0 Å². The Bertz CT molecular complexity index is 1140. The molecule has 1 unspecified atom stereocenters. The number of carbonyl (C=O) groups is 2. The Morgan fingerprint density at radius 3 is 2.46 bits per heavy atom. The lowest BCUT2D eigenvalue weighted by Crippen LogP contribution is -2.40. The van der Waals surface area contributed by atoms with Crippen LogP contribution < -0.4 is 10.2 Å². The second-order valence-electron chi connectivity index (χ2n) is 7.80. The molecule has 12 heteroatoms. The maximum atomic E-state index is 12.9. The van der Waals surface area contributed by atoms with Crippen molar-refractivity contribution < 1.29 is 9.59 Å². The van der Waals surface area contributed by atoms with Crippen molar-refractivity contribution >= 4 is 63.4 Å². The van der Waals surface area contributed by atoms with Gasteiger partial charge in [0.05, 0.1) is 21.0 Å². The Hall–Kier alpha value is -2.27. The summed E-state index contributed by atoms with van der Waals surface area (Å²) in [4.78, 5) is 27.8. The number of aromatic nitrogens is 4. The SMILES string of the molecule is CCC(NC(=O)SCCc1ccccc1)C(=O)Cn1nnnc1Sc1c(Cl)cc(N(C)C)cc1Cl. The predicted molar refractivity (Wildman–Crippen MR) is 143 cm³/mol. The smallest absolute Gasteiger partial charge is 0.279 e. The largest absolute Gasteiger partial charge is 0.378 e. The number of thioether (sulfide) groups is 1. The number of hydrogen-bond donors (Lipinski definition) is 1. The van der Waals surface area contributed by atoms with Crippen molar-refractivity contribution in [2.24, 2.45) is 0 Å². The number of aryl methyl sites for hydroxylation is 1. The molecule has 0 saturated heterocycles. The van der Waals surface area contributed by atoms with Gasteiger partial charge in [0, 0.05) is 25.5 Å². The number of rotatable bonds is 11. The first-order chi connectivity index (χ1) is 16.8. The molecule has 0 aliphatic rings. The number of halogens is 2. The van der Waals surface area contributed by atoms with Gasteiger partial charge in [-0.25, -0.2) is 4.68 Å². The zero-order chi connectivity index (χ0) is 25.4. The second kappa shape index (κ2) is 13.2. The van der Waals surface area contributed by atoms with E-state index < -0.39 is 6.04 Å². The van der Waals surface area contributed by atoms with Crippen LogP contribution in [0.25, 0.3) is 0 Å². The lowest BCUT2D eigenvalue weighted by atomic mass is 10.1. The number of nitrogens with zero attached hydrogens (tertiary/aromatic N) is 5. The van der Waals surface area contributed by atoms with Gasteiger partial charge in [0.1, 0.15) is 6.54 Å². The molecule has 0 aliphatic carbocycles. The molecule has 0 bridgehead atoms. The van der Waals surface area contributed by atoms with Crippen molar-refractivity contribution in [3.8, 4) is 0 Å². The first kappa shape index (κ1) is 27.3.